The first-order valence-corrected chi connectivity index (χ1v) is 9.66. The largest absolute Gasteiger partial charge is 0.336 e. The van der Waals surface area contributed by atoms with Crippen LogP contribution in [0, 0.1) is 21.7 Å². The van der Waals surface area contributed by atoms with Crippen LogP contribution in [0.25, 0.3) is 0 Å². The Morgan fingerprint density at radius 2 is 2.00 bits per heavy atom. The molecule has 1 spiro atoms. The van der Waals surface area contributed by atoms with Gasteiger partial charge in [0.15, 0.2) is 0 Å². The van der Waals surface area contributed by atoms with Gasteiger partial charge in [-0.2, -0.15) is 0 Å². The van der Waals surface area contributed by atoms with Gasteiger partial charge in [-0.05, 0) is 56.9 Å². The highest BCUT2D eigenvalue weighted by Crippen LogP contribution is 2.37. The molecule has 29 heavy (non-hydrogen) atoms. The topological polar surface area (TPSA) is 85.2 Å². The van der Waals surface area contributed by atoms with Gasteiger partial charge in [0.2, 0.25) is 0 Å². The Bertz CT molecular complexity index is 785. The molecule has 160 valence electrons. The first kappa shape index (κ1) is 21.4. The highest BCUT2D eigenvalue weighted by Gasteiger charge is 2.55. The van der Waals surface area contributed by atoms with Crippen molar-refractivity contribution in [2.75, 3.05) is 32.7 Å². The summed E-state index contributed by atoms with van der Waals surface area (Å²) in [5.74, 6) is -3.43. The molecule has 1 atom stereocenters. The number of likely N-dealkylation sites (N-methyl/N-ethyl adjacent to an activating group) is 1. The second-order valence-electron chi connectivity index (χ2n) is 7.69. The van der Waals surface area contributed by atoms with E-state index in [4.69, 9.17) is 4.74 Å². The Morgan fingerprint density at radius 1 is 1.31 bits per heavy atom. The minimum Gasteiger partial charge on any atom is -0.336 e. The lowest BCUT2D eigenvalue weighted by Crippen LogP contribution is -2.67. The van der Waals surface area contributed by atoms with Crippen LogP contribution < -0.4 is 0 Å². The monoisotopic (exact) mass is 413 g/mol. The molecule has 0 bridgehead atoms. The van der Waals surface area contributed by atoms with Crippen LogP contribution in [0.5, 0.6) is 0 Å². The number of carbonyl (C=O) groups is 1. The lowest BCUT2D eigenvalue weighted by Gasteiger charge is -2.51. The summed E-state index contributed by atoms with van der Waals surface area (Å²) in [6, 6.07) is 3.42. The minimum absolute atomic E-state index is 0.328. The van der Waals surface area contributed by atoms with E-state index in [1.165, 1.54) is 17.9 Å². The number of rotatable bonds is 6. The summed E-state index contributed by atoms with van der Waals surface area (Å²) in [5.41, 5.74) is -0.413. The maximum absolute atomic E-state index is 13.8. The van der Waals surface area contributed by atoms with Gasteiger partial charge in [0.1, 0.15) is 11.6 Å². The maximum atomic E-state index is 13.8. The van der Waals surface area contributed by atoms with Gasteiger partial charge in [-0.3, -0.25) is 9.63 Å². The molecule has 2 fully saturated rings. The molecule has 2 heterocycles. The number of carbonyl (C=O) groups excluding carboxylic acids is 1. The van der Waals surface area contributed by atoms with E-state index >= 15 is 0 Å². The summed E-state index contributed by atoms with van der Waals surface area (Å²) >= 11 is 0. The number of morpholine rings is 1. The average Bonchev–Trinajstić information content (AvgIpc) is 2.66. The van der Waals surface area contributed by atoms with E-state index in [1.54, 1.807) is 6.92 Å². The van der Waals surface area contributed by atoms with Gasteiger partial charge in [0, 0.05) is 26.2 Å². The van der Waals surface area contributed by atoms with Gasteiger partial charge in [0.05, 0.1) is 12.1 Å². The highest BCUT2D eigenvalue weighted by atomic mass is 19.1. The van der Waals surface area contributed by atoms with E-state index in [0.29, 0.717) is 57.5 Å². The SMILES string of the molecule is CCN1CC2(CCN(CCc3cc(F)ccc3F)CC2)O[C@](C)(O[N+](=O)[O-])C1=O. The van der Waals surface area contributed by atoms with Crippen molar-refractivity contribution in [3.8, 4) is 0 Å². The lowest BCUT2D eigenvalue weighted by molar-refractivity contribution is -0.792. The minimum atomic E-state index is -1.97. The molecule has 3 rings (SSSR count). The average molecular weight is 413 g/mol. The molecule has 10 heteroatoms. The van der Waals surface area contributed by atoms with Crippen molar-refractivity contribution in [1.82, 2.24) is 9.80 Å². The quantitative estimate of drug-likeness (QED) is 0.525. The fraction of sp³-hybridized carbons (Fsp3) is 0.632. The second-order valence-corrected chi connectivity index (χ2v) is 7.69. The summed E-state index contributed by atoms with van der Waals surface area (Å²) in [6.45, 7) is 5.57. The van der Waals surface area contributed by atoms with Crippen LogP contribution in [0.15, 0.2) is 18.2 Å². The normalized spacial score (nSPS) is 24.7. The molecule has 1 aromatic rings. The van der Waals surface area contributed by atoms with E-state index in [0.717, 1.165) is 12.1 Å². The fourth-order valence-corrected chi connectivity index (χ4v) is 4.11. The molecule has 1 amide bonds. The number of likely N-dealkylation sites (tertiary alicyclic amines) is 1. The molecular weight excluding hydrogens is 388 g/mol. The van der Waals surface area contributed by atoms with E-state index in [9.17, 15) is 23.7 Å². The number of hydrogen-bond acceptors (Lipinski definition) is 6. The predicted molar refractivity (Wildman–Crippen MR) is 98.3 cm³/mol. The Labute approximate surface area is 167 Å². The predicted octanol–water partition coefficient (Wildman–Crippen LogP) is 2.15. The van der Waals surface area contributed by atoms with Gasteiger partial charge in [0.25, 0.3) is 16.8 Å². The van der Waals surface area contributed by atoms with Gasteiger partial charge in [-0.1, -0.05) is 0 Å². The first-order chi connectivity index (χ1) is 13.7. The Kier molecular flexibility index (Phi) is 6.04. The number of hydrogen-bond donors (Lipinski definition) is 0. The zero-order valence-corrected chi connectivity index (χ0v) is 16.5. The van der Waals surface area contributed by atoms with E-state index in [1.807, 2.05) is 0 Å². The molecular formula is C19H25F2N3O5. The van der Waals surface area contributed by atoms with Crippen molar-refractivity contribution in [3.63, 3.8) is 0 Å². The zero-order valence-electron chi connectivity index (χ0n) is 16.5. The standard InChI is InChI=1S/C19H25F2N3O5/c1-3-23-13-19(28-18(2,17(23)25)29-24(26)27)7-10-22(11-8-19)9-6-14-12-15(20)4-5-16(14)21/h4-5,12H,3,6-11,13H2,1-2H3/t18-/m1/s1. The third-order valence-corrected chi connectivity index (χ3v) is 5.67. The van der Waals surface area contributed by atoms with Crippen LogP contribution in [-0.4, -0.2) is 64.9 Å². The van der Waals surface area contributed by atoms with Crippen LogP contribution in [0.3, 0.4) is 0 Å². The molecule has 0 unspecified atom stereocenters. The molecule has 2 aliphatic heterocycles. The number of piperidine rings is 1. The van der Waals surface area contributed by atoms with Gasteiger partial charge in [-0.15, -0.1) is 10.1 Å². The summed E-state index contributed by atoms with van der Waals surface area (Å²) in [4.78, 5) is 31.6. The molecule has 0 radical (unpaired) electrons. The third-order valence-electron chi connectivity index (χ3n) is 5.67. The molecule has 0 N–H and O–H groups in total. The number of ether oxygens (including phenoxy) is 1. The number of benzene rings is 1. The second kappa shape index (κ2) is 8.19. The van der Waals surface area contributed by atoms with Gasteiger partial charge in [-0.25, -0.2) is 8.78 Å². The van der Waals surface area contributed by atoms with Crippen molar-refractivity contribution in [2.45, 2.75) is 44.5 Å². The van der Waals surface area contributed by atoms with Crippen LogP contribution in [0.4, 0.5) is 8.78 Å². The van der Waals surface area contributed by atoms with Crippen molar-refractivity contribution in [3.05, 3.63) is 45.5 Å². The lowest BCUT2D eigenvalue weighted by atomic mass is 9.87. The fourth-order valence-electron chi connectivity index (χ4n) is 4.11. The van der Waals surface area contributed by atoms with Crippen LogP contribution in [0.1, 0.15) is 32.3 Å². The molecule has 8 nitrogen and oxygen atoms in total. The summed E-state index contributed by atoms with van der Waals surface area (Å²) in [5, 5.41) is 9.87. The molecule has 1 aromatic carbocycles. The Balaban J connectivity index is 1.64. The zero-order chi connectivity index (χ0) is 21.2. The number of halogens is 2. The van der Waals surface area contributed by atoms with Crippen molar-refractivity contribution >= 4 is 5.91 Å². The van der Waals surface area contributed by atoms with E-state index < -0.39 is 34.0 Å². The Hall–Kier alpha value is -2.33. The molecule has 2 saturated heterocycles. The summed E-state index contributed by atoms with van der Waals surface area (Å²) in [7, 11) is 0. The molecule has 0 aliphatic carbocycles. The van der Waals surface area contributed by atoms with Crippen molar-refractivity contribution in [1.29, 1.82) is 0 Å². The van der Waals surface area contributed by atoms with Crippen molar-refractivity contribution in [2.24, 2.45) is 0 Å². The van der Waals surface area contributed by atoms with Gasteiger partial charge < -0.3 is 14.5 Å². The maximum Gasteiger partial charge on any atom is 0.297 e. The van der Waals surface area contributed by atoms with Crippen LogP contribution in [0.2, 0.25) is 0 Å². The highest BCUT2D eigenvalue weighted by molar-refractivity contribution is 5.84. The molecule has 2 aliphatic rings. The van der Waals surface area contributed by atoms with Crippen molar-refractivity contribution < 1.29 is 28.2 Å². The molecule has 0 aromatic heterocycles. The number of amides is 1. The Morgan fingerprint density at radius 3 is 2.62 bits per heavy atom. The van der Waals surface area contributed by atoms with Gasteiger partial charge >= 0.3 is 0 Å². The van der Waals surface area contributed by atoms with Crippen LogP contribution in [-0.2, 0) is 20.8 Å². The van der Waals surface area contributed by atoms with Crippen LogP contribution >= 0.6 is 0 Å². The smallest absolute Gasteiger partial charge is 0.297 e. The number of nitrogens with zero attached hydrogens (tertiary/aromatic N) is 3. The van der Waals surface area contributed by atoms with E-state index in [2.05, 4.69) is 9.74 Å². The first-order valence-electron chi connectivity index (χ1n) is 9.66. The summed E-state index contributed by atoms with van der Waals surface area (Å²) in [6.07, 6.45) is 1.46. The molecule has 0 saturated carbocycles. The van der Waals surface area contributed by atoms with E-state index in [-0.39, 0.29) is 0 Å². The third kappa shape index (κ3) is 4.64. The summed E-state index contributed by atoms with van der Waals surface area (Å²) < 4.78 is 33.0.